The Hall–Kier alpha value is -1.58. The second-order valence-corrected chi connectivity index (χ2v) is 5.23. The molecule has 2 rings (SSSR count). The van der Waals surface area contributed by atoms with Crippen LogP contribution in [0.1, 0.15) is 43.0 Å². The fourth-order valence-corrected chi connectivity index (χ4v) is 2.73. The Labute approximate surface area is 113 Å². The van der Waals surface area contributed by atoms with Crippen LogP contribution in [0.4, 0.5) is 10.1 Å². The Kier molecular flexibility index (Phi) is 4.40. The Morgan fingerprint density at radius 3 is 2.74 bits per heavy atom. The smallest absolute Gasteiger partial charge is 0.256 e. The van der Waals surface area contributed by atoms with Crippen molar-refractivity contribution in [2.75, 3.05) is 18.8 Å². The van der Waals surface area contributed by atoms with Crippen LogP contribution in [-0.4, -0.2) is 23.9 Å². The summed E-state index contributed by atoms with van der Waals surface area (Å²) in [7, 11) is 0. The van der Waals surface area contributed by atoms with Crippen LogP contribution < -0.4 is 5.73 Å². The van der Waals surface area contributed by atoms with Crippen molar-refractivity contribution >= 4 is 11.6 Å². The predicted octanol–water partition coefficient (Wildman–Crippen LogP) is 3.06. The van der Waals surface area contributed by atoms with Gasteiger partial charge in [-0.3, -0.25) is 4.79 Å². The summed E-state index contributed by atoms with van der Waals surface area (Å²) in [6.45, 7) is 3.68. The minimum absolute atomic E-state index is 0.0387. The van der Waals surface area contributed by atoms with Crippen LogP contribution in [0.3, 0.4) is 0 Å². The SMILES string of the molecule is CCCC1CCN(C(=O)c2cccc(F)c2N)CC1. The number of anilines is 1. The highest BCUT2D eigenvalue weighted by atomic mass is 19.1. The lowest BCUT2D eigenvalue weighted by atomic mass is 9.92. The first-order valence-corrected chi connectivity index (χ1v) is 6.96. The number of benzene rings is 1. The van der Waals surface area contributed by atoms with Crippen LogP contribution in [0.2, 0.25) is 0 Å². The van der Waals surface area contributed by atoms with Gasteiger partial charge in [-0.15, -0.1) is 0 Å². The Balaban J connectivity index is 2.03. The zero-order valence-corrected chi connectivity index (χ0v) is 11.4. The topological polar surface area (TPSA) is 46.3 Å². The first kappa shape index (κ1) is 13.8. The first-order valence-electron chi connectivity index (χ1n) is 6.96. The largest absolute Gasteiger partial charge is 0.396 e. The average Bonchev–Trinajstić information content (AvgIpc) is 2.42. The first-order chi connectivity index (χ1) is 9.13. The van der Waals surface area contributed by atoms with Gasteiger partial charge in [0.05, 0.1) is 11.3 Å². The summed E-state index contributed by atoms with van der Waals surface area (Å²) in [6, 6.07) is 4.40. The van der Waals surface area contributed by atoms with E-state index in [2.05, 4.69) is 6.92 Å². The molecule has 1 aromatic rings. The molecule has 1 fully saturated rings. The van der Waals surface area contributed by atoms with Crippen LogP contribution in [0.25, 0.3) is 0 Å². The third-order valence-electron chi connectivity index (χ3n) is 3.88. The van der Waals surface area contributed by atoms with Crippen molar-refractivity contribution in [3.05, 3.63) is 29.6 Å². The Morgan fingerprint density at radius 2 is 2.11 bits per heavy atom. The van der Waals surface area contributed by atoms with Crippen molar-refractivity contribution < 1.29 is 9.18 Å². The molecular weight excluding hydrogens is 243 g/mol. The van der Waals surface area contributed by atoms with Gasteiger partial charge in [-0.05, 0) is 30.9 Å². The molecule has 0 saturated carbocycles. The molecule has 104 valence electrons. The third kappa shape index (κ3) is 3.06. The fraction of sp³-hybridized carbons (Fsp3) is 0.533. The van der Waals surface area contributed by atoms with E-state index < -0.39 is 5.82 Å². The van der Waals surface area contributed by atoms with E-state index in [1.165, 1.54) is 25.0 Å². The van der Waals surface area contributed by atoms with E-state index in [1.807, 2.05) is 0 Å². The molecular formula is C15H21FN2O. The van der Waals surface area contributed by atoms with Crippen molar-refractivity contribution in [3.8, 4) is 0 Å². The molecule has 1 heterocycles. The van der Waals surface area contributed by atoms with Crippen LogP contribution in [0, 0.1) is 11.7 Å². The summed E-state index contributed by atoms with van der Waals surface area (Å²) >= 11 is 0. The van der Waals surface area contributed by atoms with Crippen LogP contribution in [-0.2, 0) is 0 Å². The van der Waals surface area contributed by atoms with Gasteiger partial charge < -0.3 is 10.6 Å². The molecule has 1 amide bonds. The van der Waals surface area contributed by atoms with Crippen molar-refractivity contribution in [3.63, 3.8) is 0 Å². The molecule has 0 spiro atoms. The lowest BCUT2D eigenvalue weighted by Gasteiger charge is -2.32. The van der Waals surface area contributed by atoms with Crippen LogP contribution in [0.15, 0.2) is 18.2 Å². The summed E-state index contributed by atoms with van der Waals surface area (Å²) in [5.41, 5.74) is 5.89. The molecule has 0 atom stereocenters. The van der Waals surface area contributed by atoms with Gasteiger partial charge in [0.15, 0.2) is 0 Å². The van der Waals surface area contributed by atoms with Crippen LogP contribution >= 0.6 is 0 Å². The Bertz CT molecular complexity index is 453. The van der Waals surface area contributed by atoms with Gasteiger partial charge in [-0.1, -0.05) is 25.8 Å². The lowest BCUT2D eigenvalue weighted by Crippen LogP contribution is -2.38. The number of halogens is 1. The van der Waals surface area contributed by atoms with Gasteiger partial charge >= 0.3 is 0 Å². The molecule has 3 nitrogen and oxygen atoms in total. The maximum atomic E-state index is 13.4. The normalized spacial score (nSPS) is 16.6. The van der Waals surface area contributed by atoms with E-state index >= 15 is 0 Å². The van der Waals surface area contributed by atoms with E-state index in [0.717, 1.165) is 31.8 Å². The molecule has 0 aliphatic carbocycles. The minimum atomic E-state index is -0.522. The number of hydrogen-bond acceptors (Lipinski definition) is 2. The fourth-order valence-electron chi connectivity index (χ4n) is 2.73. The number of piperidine rings is 1. The molecule has 0 unspecified atom stereocenters. The summed E-state index contributed by atoms with van der Waals surface area (Å²) in [6.07, 6.45) is 4.49. The lowest BCUT2D eigenvalue weighted by molar-refractivity contribution is 0.0687. The van der Waals surface area contributed by atoms with Crippen molar-refractivity contribution in [1.29, 1.82) is 0 Å². The molecule has 1 aromatic carbocycles. The number of nitrogen functional groups attached to an aromatic ring is 1. The van der Waals surface area contributed by atoms with Gasteiger partial charge in [0, 0.05) is 13.1 Å². The van der Waals surface area contributed by atoms with Gasteiger partial charge in [0.1, 0.15) is 5.82 Å². The number of carbonyl (C=O) groups excluding carboxylic acids is 1. The summed E-state index contributed by atoms with van der Waals surface area (Å²) in [5.74, 6) is 0.0533. The predicted molar refractivity (Wildman–Crippen MR) is 74.3 cm³/mol. The average molecular weight is 264 g/mol. The quantitative estimate of drug-likeness (QED) is 0.853. The van der Waals surface area contributed by atoms with E-state index in [-0.39, 0.29) is 17.2 Å². The Morgan fingerprint density at radius 1 is 1.42 bits per heavy atom. The maximum absolute atomic E-state index is 13.4. The van der Waals surface area contributed by atoms with E-state index in [0.29, 0.717) is 0 Å². The number of carbonyl (C=O) groups is 1. The highest BCUT2D eigenvalue weighted by Gasteiger charge is 2.24. The number of likely N-dealkylation sites (tertiary alicyclic amines) is 1. The standard InChI is InChI=1S/C15H21FN2O/c1-2-4-11-7-9-18(10-8-11)15(19)12-5-3-6-13(16)14(12)17/h3,5-6,11H,2,4,7-10,17H2,1H3. The maximum Gasteiger partial charge on any atom is 0.256 e. The molecule has 4 heteroatoms. The van der Waals surface area contributed by atoms with Gasteiger partial charge in [-0.2, -0.15) is 0 Å². The van der Waals surface area contributed by atoms with Gasteiger partial charge in [-0.25, -0.2) is 4.39 Å². The van der Waals surface area contributed by atoms with Crippen molar-refractivity contribution in [2.45, 2.75) is 32.6 Å². The molecule has 19 heavy (non-hydrogen) atoms. The molecule has 0 bridgehead atoms. The molecule has 1 aliphatic heterocycles. The molecule has 0 radical (unpaired) electrons. The monoisotopic (exact) mass is 264 g/mol. The third-order valence-corrected chi connectivity index (χ3v) is 3.88. The molecule has 1 aliphatic rings. The van der Waals surface area contributed by atoms with E-state index in [4.69, 9.17) is 5.73 Å². The summed E-state index contributed by atoms with van der Waals surface area (Å²) in [4.78, 5) is 14.1. The second kappa shape index (κ2) is 6.04. The minimum Gasteiger partial charge on any atom is -0.396 e. The highest BCUT2D eigenvalue weighted by Crippen LogP contribution is 2.24. The molecule has 0 aromatic heterocycles. The summed E-state index contributed by atoms with van der Waals surface area (Å²) < 4.78 is 13.4. The van der Waals surface area contributed by atoms with E-state index in [9.17, 15) is 9.18 Å². The number of nitrogens with two attached hydrogens (primary N) is 1. The highest BCUT2D eigenvalue weighted by molar-refractivity contribution is 5.99. The number of amides is 1. The second-order valence-electron chi connectivity index (χ2n) is 5.23. The molecule has 1 saturated heterocycles. The molecule has 2 N–H and O–H groups in total. The van der Waals surface area contributed by atoms with Gasteiger partial charge in [0.2, 0.25) is 0 Å². The zero-order chi connectivity index (χ0) is 13.8. The van der Waals surface area contributed by atoms with Crippen molar-refractivity contribution in [2.24, 2.45) is 5.92 Å². The zero-order valence-electron chi connectivity index (χ0n) is 11.4. The summed E-state index contributed by atoms with van der Waals surface area (Å²) in [5, 5.41) is 0. The van der Waals surface area contributed by atoms with Crippen molar-refractivity contribution in [1.82, 2.24) is 4.90 Å². The number of hydrogen-bond donors (Lipinski definition) is 1. The number of para-hydroxylation sites is 1. The van der Waals surface area contributed by atoms with E-state index in [1.54, 1.807) is 11.0 Å². The number of rotatable bonds is 3. The van der Waals surface area contributed by atoms with Gasteiger partial charge in [0.25, 0.3) is 5.91 Å². The van der Waals surface area contributed by atoms with Crippen LogP contribution in [0.5, 0.6) is 0 Å². The number of nitrogens with zero attached hydrogens (tertiary/aromatic N) is 1.